The van der Waals surface area contributed by atoms with Gasteiger partial charge in [0.1, 0.15) is 0 Å². The third-order valence-electron chi connectivity index (χ3n) is 4.52. The minimum atomic E-state index is 0.0189. The smallest absolute Gasteiger partial charge is 0.254 e. The van der Waals surface area contributed by atoms with E-state index in [1.807, 2.05) is 74.6 Å². The van der Waals surface area contributed by atoms with Gasteiger partial charge in [-0.3, -0.25) is 14.8 Å². The van der Waals surface area contributed by atoms with E-state index in [9.17, 15) is 4.79 Å². The Bertz CT molecular complexity index is 907. The summed E-state index contributed by atoms with van der Waals surface area (Å²) >= 11 is 0. The Hall–Kier alpha value is -3.05. The van der Waals surface area contributed by atoms with E-state index in [2.05, 4.69) is 20.9 Å². The van der Waals surface area contributed by atoms with Crippen LogP contribution >= 0.6 is 0 Å². The molecule has 0 radical (unpaired) electrons. The molecule has 0 aliphatic carbocycles. The lowest BCUT2D eigenvalue weighted by Crippen LogP contribution is -2.30. The molecule has 28 heavy (non-hydrogen) atoms. The minimum absolute atomic E-state index is 0.0189. The topological polar surface area (TPSA) is 49.3 Å². The van der Waals surface area contributed by atoms with Crippen molar-refractivity contribution in [3.8, 4) is 11.3 Å². The molecule has 0 atom stereocenters. The Labute approximate surface area is 166 Å². The summed E-state index contributed by atoms with van der Waals surface area (Å²) in [6, 6.07) is 15.7. The predicted molar refractivity (Wildman–Crippen MR) is 112 cm³/mol. The SMILES string of the molecule is CCN(Cc1ccncc1)C(=O)c1cccc(-c2ccc(CN(C)C)cn2)c1. The molecule has 1 aromatic carbocycles. The summed E-state index contributed by atoms with van der Waals surface area (Å²) < 4.78 is 0. The molecule has 1 amide bonds. The molecule has 3 rings (SSSR count). The van der Waals surface area contributed by atoms with Crippen LogP contribution in [0.1, 0.15) is 28.4 Å². The second kappa shape index (κ2) is 9.24. The van der Waals surface area contributed by atoms with Gasteiger partial charge < -0.3 is 9.80 Å². The summed E-state index contributed by atoms with van der Waals surface area (Å²) in [5.74, 6) is 0.0189. The van der Waals surface area contributed by atoms with Crippen LogP contribution in [0.2, 0.25) is 0 Å². The molecule has 5 heteroatoms. The van der Waals surface area contributed by atoms with Crippen molar-refractivity contribution in [3.63, 3.8) is 0 Å². The average Bonchev–Trinajstić information content (AvgIpc) is 2.72. The number of pyridine rings is 2. The van der Waals surface area contributed by atoms with E-state index in [0.29, 0.717) is 18.7 Å². The van der Waals surface area contributed by atoms with Crippen molar-refractivity contribution < 1.29 is 4.79 Å². The molecular weight excluding hydrogens is 348 g/mol. The van der Waals surface area contributed by atoms with Gasteiger partial charge in [0.15, 0.2) is 0 Å². The lowest BCUT2D eigenvalue weighted by molar-refractivity contribution is 0.0752. The molecule has 2 aromatic heterocycles. The molecule has 3 aromatic rings. The van der Waals surface area contributed by atoms with Crippen molar-refractivity contribution in [2.24, 2.45) is 0 Å². The highest BCUT2D eigenvalue weighted by molar-refractivity contribution is 5.95. The van der Waals surface area contributed by atoms with Crippen molar-refractivity contribution in [2.75, 3.05) is 20.6 Å². The maximum absolute atomic E-state index is 13.0. The summed E-state index contributed by atoms with van der Waals surface area (Å²) in [5.41, 5.74) is 4.72. The van der Waals surface area contributed by atoms with Crippen LogP contribution in [-0.2, 0) is 13.1 Å². The number of hydrogen-bond acceptors (Lipinski definition) is 4. The van der Waals surface area contributed by atoms with Gasteiger partial charge in [0.05, 0.1) is 5.69 Å². The maximum atomic E-state index is 13.0. The zero-order valence-electron chi connectivity index (χ0n) is 16.7. The highest BCUT2D eigenvalue weighted by Gasteiger charge is 2.15. The molecule has 5 nitrogen and oxygen atoms in total. The highest BCUT2D eigenvalue weighted by atomic mass is 16.2. The molecule has 0 unspecified atom stereocenters. The van der Waals surface area contributed by atoms with Crippen LogP contribution in [0.15, 0.2) is 67.1 Å². The molecule has 0 saturated carbocycles. The molecule has 0 aliphatic rings. The fourth-order valence-corrected chi connectivity index (χ4v) is 3.08. The van der Waals surface area contributed by atoms with Gasteiger partial charge in [-0.15, -0.1) is 0 Å². The van der Waals surface area contributed by atoms with E-state index in [0.717, 1.165) is 28.9 Å². The number of nitrogens with zero attached hydrogens (tertiary/aromatic N) is 4. The summed E-state index contributed by atoms with van der Waals surface area (Å²) in [6.45, 7) is 4.06. The number of carbonyl (C=O) groups is 1. The van der Waals surface area contributed by atoms with Crippen molar-refractivity contribution in [3.05, 3.63) is 83.8 Å². The fourth-order valence-electron chi connectivity index (χ4n) is 3.08. The first-order valence-electron chi connectivity index (χ1n) is 9.45. The number of benzene rings is 1. The lowest BCUT2D eigenvalue weighted by Gasteiger charge is -2.21. The van der Waals surface area contributed by atoms with Crippen molar-refractivity contribution in [1.82, 2.24) is 19.8 Å². The van der Waals surface area contributed by atoms with E-state index in [1.165, 1.54) is 0 Å². The first-order chi connectivity index (χ1) is 13.6. The van der Waals surface area contributed by atoms with Gasteiger partial charge in [-0.2, -0.15) is 0 Å². The first kappa shape index (κ1) is 19.7. The molecule has 2 heterocycles. The van der Waals surface area contributed by atoms with Gasteiger partial charge in [0, 0.05) is 49.4 Å². The van der Waals surface area contributed by atoms with Gasteiger partial charge in [0.25, 0.3) is 5.91 Å². The molecule has 0 saturated heterocycles. The van der Waals surface area contributed by atoms with E-state index in [1.54, 1.807) is 12.4 Å². The number of rotatable bonds is 7. The number of carbonyl (C=O) groups excluding carboxylic acids is 1. The van der Waals surface area contributed by atoms with Crippen LogP contribution in [0.5, 0.6) is 0 Å². The predicted octanol–water partition coefficient (Wildman–Crippen LogP) is 3.87. The van der Waals surface area contributed by atoms with Crippen molar-refractivity contribution in [2.45, 2.75) is 20.0 Å². The van der Waals surface area contributed by atoms with Gasteiger partial charge in [0.2, 0.25) is 0 Å². The van der Waals surface area contributed by atoms with Crippen LogP contribution in [-0.4, -0.2) is 46.3 Å². The van der Waals surface area contributed by atoms with Crippen molar-refractivity contribution in [1.29, 1.82) is 0 Å². The molecule has 0 spiro atoms. The summed E-state index contributed by atoms with van der Waals surface area (Å²) in [7, 11) is 4.07. The van der Waals surface area contributed by atoms with Crippen LogP contribution in [0, 0.1) is 0 Å². The number of amides is 1. The van der Waals surface area contributed by atoms with Gasteiger partial charge in [-0.25, -0.2) is 0 Å². The molecular formula is C23H26N4O. The Kier molecular flexibility index (Phi) is 6.50. The Morgan fingerprint density at radius 3 is 2.39 bits per heavy atom. The third-order valence-corrected chi connectivity index (χ3v) is 4.52. The molecule has 0 N–H and O–H groups in total. The zero-order valence-corrected chi connectivity index (χ0v) is 16.7. The van der Waals surface area contributed by atoms with Crippen LogP contribution in [0.3, 0.4) is 0 Å². The zero-order chi connectivity index (χ0) is 19.9. The maximum Gasteiger partial charge on any atom is 0.254 e. The fraction of sp³-hybridized carbons (Fsp3) is 0.261. The summed E-state index contributed by atoms with van der Waals surface area (Å²) in [5, 5.41) is 0. The van der Waals surface area contributed by atoms with Gasteiger partial charge in [-0.05, 0) is 62.5 Å². The lowest BCUT2D eigenvalue weighted by atomic mass is 10.1. The van der Waals surface area contributed by atoms with E-state index < -0.39 is 0 Å². The highest BCUT2D eigenvalue weighted by Crippen LogP contribution is 2.20. The molecule has 144 valence electrons. The van der Waals surface area contributed by atoms with Crippen LogP contribution in [0.4, 0.5) is 0 Å². The van der Waals surface area contributed by atoms with Crippen molar-refractivity contribution >= 4 is 5.91 Å². The average molecular weight is 374 g/mol. The third kappa shape index (κ3) is 5.02. The second-order valence-electron chi connectivity index (χ2n) is 7.05. The largest absolute Gasteiger partial charge is 0.335 e. The number of aromatic nitrogens is 2. The first-order valence-corrected chi connectivity index (χ1v) is 9.45. The molecule has 0 fully saturated rings. The Morgan fingerprint density at radius 2 is 1.75 bits per heavy atom. The van der Waals surface area contributed by atoms with E-state index in [-0.39, 0.29) is 5.91 Å². The molecule has 0 bridgehead atoms. The monoisotopic (exact) mass is 374 g/mol. The Balaban J connectivity index is 1.78. The normalized spacial score (nSPS) is 10.9. The summed E-state index contributed by atoms with van der Waals surface area (Å²) in [6.07, 6.45) is 5.39. The Morgan fingerprint density at radius 1 is 0.964 bits per heavy atom. The summed E-state index contributed by atoms with van der Waals surface area (Å²) in [4.78, 5) is 25.6. The molecule has 0 aliphatic heterocycles. The minimum Gasteiger partial charge on any atom is -0.335 e. The van der Waals surface area contributed by atoms with Crippen LogP contribution < -0.4 is 0 Å². The van der Waals surface area contributed by atoms with E-state index >= 15 is 0 Å². The second-order valence-corrected chi connectivity index (χ2v) is 7.05. The van der Waals surface area contributed by atoms with E-state index in [4.69, 9.17) is 0 Å². The standard InChI is InChI=1S/C23H26N4O/c1-4-27(17-18-10-12-24-13-11-18)23(28)21-7-5-6-20(14-21)22-9-8-19(15-25-22)16-26(2)3/h5-15H,4,16-17H2,1-3H3. The van der Waals surface area contributed by atoms with Gasteiger partial charge in [-0.1, -0.05) is 18.2 Å². The van der Waals surface area contributed by atoms with Gasteiger partial charge >= 0.3 is 0 Å². The number of hydrogen-bond donors (Lipinski definition) is 0. The van der Waals surface area contributed by atoms with Crippen LogP contribution in [0.25, 0.3) is 11.3 Å². The quantitative estimate of drug-likeness (QED) is 0.630.